The standard InChI is InChI=1S/C20H26N2O4S2/c1-6-27-19-10-8-7-9-16(19)21-20(23)15(3)22(28(5,24)25)17-13-14(2)11-12-18(17)26-4/h7-13,15H,6H2,1-5H3,(H,21,23)/t15-/m1/s1. The van der Waals surface area contributed by atoms with E-state index in [1.54, 1.807) is 36.9 Å². The van der Waals surface area contributed by atoms with Gasteiger partial charge in [-0.3, -0.25) is 9.10 Å². The fourth-order valence-corrected chi connectivity index (χ4v) is 4.77. The van der Waals surface area contributed by atoms with Crippen LogP contribution in [0.3, 0.4) is 0 Å². The number of aryl methyl sites for hydroxylation is 1. The van der Waals surface area contributed by atoms with Crippen LogP contribution in [-0.2, 0) is 14.8 Å². The van der Waals surface area contributed by atoms with Crippen LogP contribution in [0.5, 0.6) is 5.75 Å². The maximum Gasteiger partial charge on any atom is 0.248 e. The number of nitrogens with one attached hydrogen (secondary N) is 1. The van der Waals surface area contributed by atoms with E-state index in [-0.39, 0.29) is 0 Å². The third kappa shape index (κ3) is 5.20. The molecular formula is C20H26N2O4S2. The van der Waals surface area contributed by atoms with Gasteiger partial charge in [-0.15, -0.1) is 11.8 Å². The Morgan fingerprint density at radius 3 is 2.54 bits per heavy atom. The molecule has 1 atom stereocenters. The van der Waals surface area contributed by atoms with Crippen molar-refractivity contribution in [1.29, 1.82) is 0 Å². The smallest absolute Gasteiger partial charge is 0.248 e. The number of thioether (sulfide) groups is 1. The Morgan fingerprint density at radius 1 is 1.25 bits per heavy atom. The predicted molar refractivity (Wildman–Crippen MR) is 116 cm³/mol. The second kappa shape index (κ2) is 9.34. The normalized spacial score (nSPS) is 12.3. The summed E-state index contributed by atoms with van der Waals surface area (Å²) in [4.78, 5) is 13.9. The minimum atomic E-state index is -3.74. The predicted octanol–water partition coefficient (Wildman–Crippen LogP) is 3.91. The number of para-hydroxylation sites is 1. The zero-order valence-electron chi connectivity index (χ0n) is 16.7. The molecule has 0 saturated heterocycles. The number of sulfonamides is 1. The zero-order chi connectivity index (χ0) is 20.9. The maximum atomic E-state index is 12.9. The third-order valence-electron chi connectivity index (χ3n) is 4.11. The van der Waals surface area contributed by atoms with E-state index in [0.717, 1.165) is 26.8 Å². The van der Waals surface area contributed by atoms with E-state index in [1.807, 2.05) is 38.1 Å². The van der Waals surface area contributed by atoms with Crippen LogP contribution < -0.4 is 14.4 Å². The molecule has 0 aliphatic carbocycles. The first-order valence-corrected chi connectivity index (χ1v) is 11.7. The van der Waals surface area contributed by atoms with Crippen LogP contribution in [0.15, 0.2) is 47.4 Å². The van der Waals surface area contributed by atoms with Crippen molar-refractivity contribution in [3.05, 3.63) is 48.0 Å². The highest BCUT2D eigenvalue weighted by molar-refractivity contribution is 7.99. The molecule has 0 bridgehead atoms. The average Bonchev–Trinajstić information content (AvgIpc) is 2.62. The van der Waals surface area contributed by atoms with Crippen molar-refractivity contribution in [2.24, 2.45) is 0 Å². The Hall–Kier alpha value is -2.19. The van der Waals surface area contributed by atoms with E-state index < -0.39 is 22.0 Å². The number of rotatable bonds is 8. The molecule has 0 saturated carbocycles. The van der Waals surface area contributed by atoms with Gasteiger partial charge in [-0.05, 0) is 49.4 Å². The van der Waals surface area contributed by atoms with Gasteiger partial charge in [0.2, 0.25) is 15.9 Å². The number of hydrogen-bond acceptors (Lipinski definition) is 5. The Balaban J connectivity index is 2.41. The van der Waals surface area contributed by atoms with Crippen molar-refractivity contribution in [1.82, 2.24) is 0 Å². The molecule has 0 aliphatic heterocycles. The third-order valence-corrected chi connectivity index (χ3v) is 6.29. The van der Waals surface area contributed by atoms with Crippen molar-refractivity contribution < 1.29 is 17.9 Å². The largest absolute Gasteiger partial charge is 0.495 e. The molecule has 0 aromatic heterocycles. The molecule has 0 spiro atoms. The quantitative estimate of drug-likeness (QED) is 0.653. The fourth-order valence-electron chi connectivity index (χ4n) is 2.84. The molecule has 28 heavy (non-hydrogen) atoms. The molecule has 2 aromatic rings. The van der Waals surface area contributed by atoms with Gasteiger partial charge < -0.3 is 10.1 Å². The van der Waals surface area contributed by atoms with Gasteiger partial charge in [0.1, 0.15) is 11.8 Å². The van der Waals surface area contributed by atoms with Gasteiger partial charge in [-0.2, -0.15) is 0 Å². The van der Waals surface area contributed by atoms with Gasteiger partial charge in [-0.1, -0.05) is 25.1 Å². The number of benzene rings is 2. The average molecular weight is 423 g/mol. The number of methoxy groups -OCH3 is 1. The molecule has 1 amide bonds. The lowest BCUT2D eigenvalue weighted by Gasteiger charge is -2.29. The molecule has 2 aromatic carbocycles. The lowest BCUT2D eigenvalue weighted by atomic mass is 10.2. The van der Waals surface area contributed by atoms with Gasteiger partial charge in [-0.25, -0.2) is 8.42 Å². The topological polar surface area (TPSA) is 75.7 Å². The number of hydrogen-bond donors (Lipinski definition) is 1. The highest BCUT2D eigenvalue weighted by Crippen LogP contribution is 2.33. The molecule has 152 valence electrons. The van der Waals surface area contributed by atoms with E-state index in [2.05, 4.69) is 5.32 Å². The molecule has 6 nitrogen and oxygen atoms in total. The molecule has 0 unspecified atom stereocenters. The van der Waals surface area contributed by atoms with Crippen LogP contribution in [-0.4, -0.2) is 39.5 Å². The molecule has 0 fully saturated rings. The molecule has 0 radical (unpaired) electrons. The van der Waals surface area contributed by atoms with Crippen molar-refractivity contribution in [3.63, 3.8) is 0 Å². The van der Waals surface area contributed by atoms with E-state index in [0.29, 0.717) is 17.1 Å². The SMILES string of the molecule is CCSc1ccccc1NC(=O)[C@@H](C)N(c1cc(C)ccc1OC)S(C)(=O)=O. The summed E-state index contributed by atoms with van der Waals surface area (Å²) in [5.74, 6) is 0.828. The number of ether oxygens (including phenoxy) is 1. The first-order chi connectivity index (χ1) is 13.2. The van der Waals surface area contributed by atoms with Crippen molar-refractivity contribution >= 4 is 39.1 Å². The highest BCUT2D eigenvalue weighted by Gasteiger charge is 2.31. The second-order valence-corrected chi connectivity index (χ2v) is 9.49. The second-order valence-electron chi connectivity index (χ2n) is 6.33. The van der Waals surface area contributed by atoms with Gasteiger partial charge in [0, 0.05) is 4.90 Å². The number of amides is 1. The van der Waals surface area contributed by atoms with E-state index in [1.165, 1.54) is 7.11 Å². The molecule has 0 heterocycles. The first-order valence-electron chi connectivity index (χ1n) is 8.85. The van der Waals surface area contributed by atoms with Gasteiger partial charge in [0.25, 0.3) is 0 Å². The van der Waals surface area contributed by atoms with Crippen molar-refractivity contribution in [2.75, 3.05) is 28.7 Å². The van der Waals surface area contributed by atoms with E-state index in [4.69, 9.17) is 4.74 Å². The number of anilines is 2. The summed E-state index contributed by atoms with van der Waals surface area (Å²) in [6.07, 6.45) is 1.08. The number of carbonyl (C=O) groups excluding carboxylic acids is 1. The monoisotopic (exact) mass is 422 g/mol. The number of carbonyl (C=O) groups is 1. The van der Waals surface area contributed by atoms with Crippen LogP contribution in [0.25, 0.3) is 0 Å². The summed E-state index contributed by atoms with van der Waals surface area (Å²) < 4.78 is 31.6. The highest BCUT2D eigenvalue weighted by atomic mass is 32.2. The first kappa shape index (κ1) is 22.1. The fraction of sp³-hybridized carbons (Fsp3) is 0.350. The van der Waals surface area contributed by atoms with E-state index >= 15 is 0 Å². The van der Waals surface area contributed by atoms with Gasteiger partial charge >= 0.3 is 0 Å². The summed E-state index contributed by atoms with van der Waals surface area (Å²) in [5, 5.41) is 2.86. The lowest BCUT2D eigenvalue weighted by molar-refractivity contribution is -0.116. The van der Waals surface area contributed by atoms with Crippen LogP contribution >= 0.6 is 11.8 Å². The Kier molecular flexibility index (Phi) is 7.37. The minimum absolute atomic E-state index is 0.337. The molecule has 1 N–H and O–H groups in total. The van der Waals surface area contributed by atoms with Crippen molar-refractivity contribution in [3.8, 4) is 5.75 Å². The van der Waals surface area contributed by atoms with Crippen LogP contribution in [0.4, 0.5) is 11.4 Å². The summed E-state index contributed by atoms with van der Waals surface area (Å²) in [6.45, 7) is 5.45. The molecule has 2 rings (SSSR count). The van der Waals surface area contributed by atoms with Crippen LogP contribution in [0.2, 0.25) is 0 Å². The maximum absolute atomic E-state index is 12.9. The molecule has 0 aliphatic rings. The minimum Gasteiger partial charge on any atom is -0.495 e. The van der Waals surface area contributed by atoms with Crippen molar-refractivity contribution in [2.45, 2.75) is 31.7 Å². The van der Waals surface area contributed by atoms with Crippen LogP contribution in [0, 0.1) is 6.92 Å². The Labute approximate surface area is 171 Å². The molecular weight excluding hydrogens is 396 g/mol. The number of nitrogens with zero attached hydrogens (tertiary/aromatic N) is 1. The summed E-state index contributed by atoms with van der Waals surface area (Å²) in [6, 6.07) is 11.7. The van der Waals surface area contributed by atoms with Gasteiger partial charge in [0.15, 0.2) is 0 Å². The Bertz CT molecular complexity index is 945. The zero-order valence-corrected chi connectivity index (χ0v) is 18.4. The molecule has 8 heteroatoms. The summed E-state index contributed by atoms with van der Waals surface area (Å²) >= 11 is 1.61. The Morgan fingerprint density at radius 2 is 1.93 bits per heavy atom. The van der Waals surface area contributed by atoms with Gasteiger partial charge in [0.05, 0.1) is 24.7 Å². The lowest BCUT2D eigenvalue weighted by Crippen LogP contribution is -2.45. The van der Waals surface area contributed by atoms with E-state index in [9.17, 15) is 13.2 Å². The summed E-state index contributed by atoms with van der Waals surface area (Å²) in [7, 11) is -2.27. The van der Waals surface area contributed by atoms with Crippen LogP contribution in [0.1, 0.15) is 19.4 Å². The summed E-state index contributed by atoms with van der Waals surface area (Å²) in [5.41, 5.74) is 1.86.